The molecule has 0 spiro atoms. The summed E-state index contributed by atoms with van der Waals surface area (Å²) in [6.45, 7) is 6.22. The van der Waals surface area contributed by atoms with E-state index in [2.05, 4.69) is 10.6 Å². The zero-order valence-corrected chi connectivity index (χ0v) is 13.6. The SMILES string of the molecule is Cc1ccc(CNC(=O)[C@@H](NC(=O)c2ccco2)C(C)C)cc1. The number of rotatable bonds is 6. The smallest absolute Gasteiger partial charge is 0.287 e. The number of amides is 2. The third-order valence-electron chi connectivity index (χ3n) is 3.57. The van der Waals surface area contributed by atoms with Gasteiger partial charge in [0.05, 0.1) is 6.26 Å². The Morgan fingerprint density at radius 2 is 1.83 bits per heavy atom. The van der Waals surface area contributed by atoms with Gasteiger partial charge in [-0.05, 0) is 30.5 Å². The van der Waals surface area contributed by atoms with Crippen LogP contribution in [0.1, 0.15) is 35.5 Å². The number of hydrogen-bond acceptors (Lipinski definition) is 3. The lowest BCUT2D eigenvalue weighted by molar-refractivity contribution is -0.124. The molecule has 0 aliphatic heterocycles. The highest BCUT2D eigenvalue weighted by molar-refractivity contribution is 5.95. The van der Waals surface area contributed by atoms with Gasteiger partial charge in [0.25, 0.3) is 5.91 Å². The quantitative estimate of drug-likeness (QED) is 0.861. The van der Waals surface area contributed by atoms with Crippen molar-refractivity contribution in [1.29, 1.82) is 0 Å². The molecular weight excluding hydrogens is 292 g/mol. The van der Waals surface area contributed by atoms with Gasteiger partial charge in [-0.1, -0.05) is 43.7 Å². The molecule has 1 atom stereocenters. The second-order valence-electron chi connectivity index (χ2n) is 5.88. The predicted octanol–water partition coefficient (Wildman–Crippen LogP) is 2.66. The molecule has 1 aromatic heterocycles. The van der Waals surface area contributed by atoms with Crippen molar-refractivity contribution in [3.8, 4) is 0 Å². The molecule has 122 valence electrons. The first kappa shape index (κ1) is 16.8. The molecule has 2 aromatic rings. The average molecular weight is 314 g/mol. The largest absolute Gasteiger partial charge is 0.459 e. The van der Waals surface area contributed by atoms with Crippen LogP contribution >= 0.6 is 0 Å². The summed E-state index contributed by atoms with van der Waals surface area (Å²) in [7, 11) is 0. The highest BCUT2D eigenvalue weighted by Gasteiger charge is 2.25. The van der Waals surface area contributed by atoms with Gasteiger partial charge in [0, 0.05) is 6.54 Å². The lowest BCUT2D eigenvalue weighted by Crippen LogP contribution is -2.49. The number of carbonyl (C=O) groups is 2. The molecule has 0 aliphatic rings. The summed E-state index contributed by atoms with van der Waals surface area (Å²) in [5.41, 5.74) is 2.19. The summed E-state index contributed by atoms with van der Waals surface area (Å²) in [5, 5.41) is 5.59. The van der Waals surface area contributed by atoms with E-state index in [1.807, 2.05) is 45.0 Å². The maximum atomic E-state index is 12.4. The van der Waals surface area contributed by atoms with Gasteiger partial charge in [-0.3, -0.25) is 9.59 Å². The number of aryl methyl sites for hydroxylation is 1. The van der Waals surface area contributed by atoms with Crippen molar-refractivity contribution in [2.75, 3.05) is 0 Å². The van der Waals surface area contributed by atoms with Crippen LogP contribution in [0.5, 0.6) is 0 Å². The molecule has 1 aromatic carbocycles. The third-order valence-corrected chi connectivity index (χ3v) is 3.57. The minimum absolute atomic E-state index is 0.0352. The van der Waals surface area contributed by atoms with Crippen LogP contribution in [0.3, 0.4) is 0 Å². The molecule has 2 N–H and O–H groups in total. The second-order valence-corrected chi connectivity index (χ2v) is 5.88. The number of benzene rings is 1. The molecule has 0 saturated carbocycles. The Kier molecular flexibility index (Phi) is 5.57. The fourth-order valence-corrected chi connectivity index (χ4v) is 2.16. The summed E-state index contributed by atoms with van der Waals surface area (Å²) >= 11 is 0. The fraction of sp³-hybridized carbons (Fsp3) is 0.333. The molecule has 2 amide bonds. The van der Waals surface area contributed by atoms with Crippen LogP contribution in [-0.2, 0) is 11.3 Å². The average Bonchev–Trinajstić information content (AvgIpc) is 3.05. The van der Waals surface area contributed by atoms with Gasteiger partial charge in [0.2, 0.25) is 5.91 Å². The van der Waals surface area contributed by atoms with E-state index in [1.54, 1.807) is 12.1 Å². The topological polar surface area (TPSA) is 71.3 Å². The standard InChI is InChI=1S/C18H22N2O3/c1-12(2)16(20-17(21)15-5-4-10-23-15)18(22)19-11-14-8-6-13(3)7-9-14/h4-10,12,16H,11H2,1-3H3,(H,19,22)(H,20,21)/t16-/m0/s1. The molecule has 0 bridgehead atoms. The Morgan fingerprint density at radius 1 is 1.13 bits per heavy atom. The summed E-state index contributed by atoms with van der Waals surface area (Å²) in [6.07, 6.45) is 1.43. The summed E-state index contributed by atoms with van der Waals surface area (Å²) < 4.78 is 5.05. The molecule has 5 nitrogen and oxygen atoms in total. The van der Waals surface area contributed by atoms with Crippen molar-refractivity contribution in [3.05, 3.63) is 59.5 Å². The van der Waals surface area contributed by atoms with E-state index in [1.165, 1.54) is 11.8 Å². The zero-order chi connectivity index (χ0) is 16.8. The van der Waals surface area contributed by atoms with E-state index in [4.69, 9.17) is 4.42 Å². The third kappa shape index (κ3) is 4.71. The Hall–Kier alpha value is -2.56. The predicted molar refractivity (Wildman–Crippen MR) is 87.8 cm³/mol. The van der Waals surface area contributed by atoms with E-state index in [0.717, 1.165) is 5.56 Å². The number of nitrogens with one attached hydrogen (secondary N) is 2. The van der Waals surface area contributed by atoms with Crippen LogP contribution < -0.4 is 10.6 Å². The van der Waals surface area contributed by atoms with Crippen molar-refractivity contribution in [1.82, 2.24) is 10.6 Å². The monoisotopic (exact) mass is 314 g/mol. The molecule has 23 heavy (non-hydrogen) atoms. The van der Waals surface area contributed by atoms with Crippen LogP contribution in [0.15, 0.2) is 47.1 Å². The van der Waals surface area contributed by atoms with Gasteiger partial charge < -0.3 is 15.1 Å². The molecule has 0 radical (unpaired) electrons. The number of carbonyl (C=O) groups excluding carboxylic acids is 2. The van der Waals surface area contributed by atoms with Crippen molar-refractivity contribution < 1.29 is 14.0 Å². The van der Waals surface area contributed by atoms with Crippen LogP contribution in [0, 0.1) is 12.8 Å². The van der Waals surface area contributed by atoms with Gasteiger partial charge in [-0.15, -0.1) is 0 Å². The molecule has 1 heterocycles. The van der Waals surface area contributed by atoms with Crippen LogP contribution in [0.2, 0.25) is 0 Å². The van der Waals surface area contributed by atoms with Gasteiger partial charge >= 0.3 is 0 Å². The van der Waals surface area contributed by atoms with Crippen molar-refractivity contribution >= 4 is 11.8 Å². The van der Waals surface area contributed by atoms with Crippen molar-refractivity contribution in [2.24, 2.45) is 5.92 Å². The van der Waals surface area contributed by atoms with Gasteiger partial charge in [-0.2, -0.15) is 0 Å². The van der Waals surface area contributed by atoms with Crippen molar-refractivity contribution in [2.45, 2.75) is 33.4 Å². The normalized spacial score (nSPS) is 12.0. The maximum absolute atomic E-state index is 12.4. The molecule has 2 rings (SSSR count). The van der Waals surface area contributed by atoms with Crippen LogP contribution in [0.4, 0.5) is 0 Å². The lowest BCUT2D eigenvalue weighted by atomic mass is 10.0. The minimum atomic E-state index is -0.613. The minimum Gasteiger partial charge on any atom is -0.459 e. The molecule has 0 fully saturated rings. The van der Waals surface area contributed by atoms with Crippen LogP contribution in [-0.4, -0.2) is 17.9 Å². The number of furan rings is 1. The second kappa shape index (κ2) is 7.63. The first-order valence-corrected chi connectivity index (χ1v) is 7.65. The highest BCUT2D eigenvalue weighted by atomic mass is 16.3. The summed E-state index contributed by atoms with van der Waals surface area (Å²) in [5.74, 6) is -0.436. The molecular formula is C18H22N2O3. The lowest BCUT2D eigenvalue weighted by Gasteiger charge is -2.21. The summed E-state index contributed by atoms with van der Waals surface area (Å²) in [4.78, 5) is 24.4. The van der Waals surface area contributed by atoms with E-state index in [9.17, 15) is 9.59 Å². The zero-order valence-electron chi connectivity index (χ0n) is 13.6. The van der Waals surface area contributed by atoms with E-state index >= 15 is 0 Å². The van der Waals surface area contributed by atoms with E-state index in [0.29, 0.717) is 6.54 Å². The van der Waals surface area contributed by atoms with E-state index < -0.39 is 6.04 Å². The molecule has 0 aliphatic carbocycles. The van der Waals surface area contributed by atoms with Gasteiger partial charge in [-0.25, -0.2) is 0 Å². The Labute approximate surface area is 136 Å². The number of hydrogen-bond donors (Lipinski definition) is 2. The van der Waals surface area contributed by atoms with Gasteiger partial charge in [0.15, 0.2) is 5.76 Å². The Morgan fingerprint density at radius 3 is 2.39 bits per heavy atom. The fourth-order valence-electron chi connectivity index (χ4n) is 2.16. The van der Waals surface area contributed by atoms with Crippen molar-refractivity contribution in [3.63, 3.8) is 0 Å². The summed E-state index contributed by atoms with van der Waals surface area (Å²) in [6, 6.07) is 10.5. The molecule has 0 saturated heterocycles. The van der Waals surface area contributed by atoms with Crippen LogP contribution in [0.25, 0.3) is 0 Å². The Bertz CT molecular complexity index is 645. The van der Waals surface area contributed by atoms with E-state index in [-0.39, 0.29) is 23.5 Å². The molecule has 0 unspecified atom stereocenters. The first-order chi connectivity index (χ1) is 11.0. The Balaban J connectivity index is 1.95. The highest BCUT2D eigenvalue weighted by Crippen LogP contribution is 2.07. The molecule has 5 heteroatoms. The first-order valence-electron chi connectivity index (χ1n) is 7.65. The maximum Gasteiger partial charge on any atom is 0.287 e. The van der Waals surface area contributed by atoms with Gasteiger partial charge in [0.1, 0.15) is 6.04 Å².